The second kappa shape index (κ2) is 8.24. The fourth-order valence-electron chi connectivity index (χ4n) is 2.23. The van der Waals surface area contributed by atoms with Gasteiger partial charge in [0.15, 0.2) is 11.5 Å². The van der Waals surface area contributed by atoms with Gasteiger partial charge in [0.25, 0.3) is 5.91 Å². The molecule has 2 rings (SSSR count). The van der Waals surface area contributed by atoms with Gasteiger partial charge in [0.1, 0.15) is 6.61 Å². The van der Waals surface area contributed by atoms with Gasteiger partial charge >= 0.3 is 0 Å². The number of rotatable bonds is 7. The Morgan fingerprint density at radius 3 is 2.48 bits per heavy atom. The van der Waals surface area contributed by atoms with E-state index in [1.54, 1.807) is 18.2 Å². The highest BCUT2D eigenvalue weighted by Crippen LogP contribution is 2.38. The SMILES string of the molecule is C=CCOc1c(C(=O)Nc2ccc(C)cc2)ccc(N)c1OC(C)C. The number of benzene rings is 2. The number of hydrogen-bond donors (Lipinski definition) is 2. The molecule has 0 atom stereocenters. The first kappa shape index (κ1) is 18.4. The van der Waals surface area contributed by atoms with Crippen LogP contribution in [-0.2, 0) is 0 Å². The van der Waals surface area contributed by atoms with Crippen LogP contribution in [0.1, 0.15) is 29.8 Å². The number of nitrogens with two attached hydrogens (primary N) is 1. The van der Waals surface area contributed by atoms with Gasteiger partial charge in [-0.25, -0.2) is 0 Å². The molecule has 25 heavy (non-hydrogen) atoms. The molecule has 2 aromatic carbocycles. The molecule has 0 spiro atoms. The lowest BCUT2D eigenvalue weighted by molar-refractivity contribution is 0.102. The van der Waals surface area contributed by atoms with Gasteiger partial charge < -0.3 is 20.5 Å². The van der Waals surface area contributed by atoms with Crippen LogP contribution in [0, 0.1) is 6.92 Å². The number of carbonyl (C=O) groups excluding carboxylic acids is 1. The number of aryl methyl sites for hydroxylation is 1. The van der Waals surface area contributed by atoms with Crippen LogP contribution in [0.4, 0.5) is 11.4 Å². The summed E-state index contributed by atoms with van der Waals surface area (Å²) in [4.78, 5) is 12.7. The van der Waals surface area contributed by atoms with Crippen molar-refractivity contribution in [1.82, 2.24) is 0 Å². The van der Waals surface area contributed by atoms with Crippen molar-refractivity contribution in [3.05, 3.63) is 60.2 Å². The van der Waals surface area contributed by atoms with Crippen molar-refractivity contribution in [2.75, 3.05) is 17.7 Å². The highest BCUT2D eigenvalue weighted by Gasteiger charge is 2.21. The number of anilines is 2. The zero-order chi connectivity index (χ0) is 18.4. The maximum absolute atomic E-state index is 12.7. The largest absolute Gasteiger partial charge is 0.485 e. The summed E-state index contributed by atoms with van der Waals surface area (Å²) in [6.07, 6.45) is 1.49. The van der Waals surface area contributed by atoms with Crippen LogP contribution in [0.25, 0.3) is 0 Å². The fraction of sp³-hybridized carbons (Fsp3) is 0.250. The summed E-state index contributed by atoms with van der Waals surface area (Å²) in [5.74, 6) is 0.392. The zero-order valence-electron chi connectivity index (χ0n) is 14.8. The van der Waals surface area contributed by atoms with Gasteiger partial charge in [-0.1, -0.05) is 30.4 Å². The lowest BCUT2D eigenvalue weighted by Crippen LogP contribution is -2.16. The summed E-state index contributed by atoms with van der Waals surface area (Å²) < 4.78 is 11.5. The lowest BCUT2D eigenvalue weighted by atomic mass is 10.1. The second-order valence-corrected chi connectivity index (χ2v) is 5.95. The Bertz CT molecular complexity index is 752. The van der Waals surface area contributed by atoms with Crippen LogP contribution in [0.3, 0.4) is 0 Å². The highest BCUT2D eigenvalue weighted by atomic mass is 16.5. The molecule has 0 unspecified atom stereocenters. The smallest absolute Gasteiger partial charge is 0.259 e. The molecule has 0 saturated carbocycles. The van der Waals surface area contributed by atoms with Crippen LogP contribution < -0.4 is 20.5 Å². The van der Waals surface area contributed by atoms with E-state index in [2.05, 4.69) is 11.9 Å². The zero-order valence-corrected chi connectivity index (χ0v) is 14.8. The molecule has 0 aliphatic heterocycles. The molecule has 5 heteroatoms. The van der Waals surface area contributed by atoms with E-state index in [9.17, 15) is 4.79 Å². The first-order chi connectivity index (χ1) is 11.9. The Morgan fingerprint density at radius 2 is 1.88 bits per heavy atom. The number of carbonyl (C=O) groups is 1. The Hall–Kier alpha value is -2.95. The summed E-state index contributed by atoms with van der Waals surface area (Å²) in [5, 5.41) is 2.86. The third-order valence-electron chi connectivity index (χ3n) is 3.40. The monoisotopic (exact) mass is 340 g/mol. The van der Waals surface area contributed by atoms with Gasteiger partial charge in [-0.3, -0.25) is 4.79 Å². The van der Waals surface area contributed by atoms with Crippen molar-refractivity contribution in [2.24, 2.45) is 0 Å². The lowest BCUT2D eigenvalue weighted by Gasteiger charge is -2.19. The first-order valence-electron chi connectivity index (χ1n) is 8.13. The molecule has 0 bridgehead atoms. The van der Waals surface area contributed by atoms with Gasteiger partial charge in [0.2, 0.25) is 0 Å². The van der Waals surface area contributed by atoms with Crippen LogP contribution >= 0.6 is 0 Å². The van der Waals surface area contributed by atoms with Crippen molar-refractivity contribution in [1.29, 1.82) is 0 Å². The molecular formula is C20H24N2O3. The van der Waals surface area contributed by atoms with Crippen LogP contribution in [-0.4, -0.2) is 18.6 Å². The minimum absolute atomic E-state index is 0.108. The Kier molecular flexibility index (Phi) is 6.06. The summed E-state index contributed by atoms with van der Waals surface area (Å²) in [6.45, 7) is 9.64. The Labute approximate surface area is 148 Å². The summed E-state index contributed by atoms with van der Waals surface area (Å²) in [7, 11) is 0. The van der Waals surface area contributed by atoms with Gasteiger partial charge in [0, 0.05) is 5.69 Å². The summed E-state index contributed by atoms with van der Waals surface area (Å²) in [5.41, 5.74) is 8.61. The van der Waals surface area contributed by atoms with E-state index in [0.717, 1.165) is 5.56 Å². The summed E-state index contributed by atoms with van der Waals surface area (Å²) in [6, 6.07) is 10.8. The van der Waals surface area contributed by atoms with Crippen molar-refractivity contribution in [2.45, 2.75) is 26.9 Å². The van der Waals surface area contributed by atoms with Gasteiger partial charge in [-0.2, -0.15) is 0 Å². The maximum Gasteiger partial charge on any atom is 0.259 e. The third-order valence-corrected chi connectivity index (χ3v) is 3.40. The van der Waals surface area contributed by atoms with Crippen molar-refractivity contribution in [3.8, 4) is 11.5 Å². The number of hydrogen-bond acceptors (Lipinski definition) is 4. The van der Waals surface area contributed by atoms with Crippen molar-refractivity contribution < 1.29 is 14.3 Å². The average Bonchev–Trinajstić information content (AvgIpc) is 2.57. The number of ether oxygens (including phenoxy) is 2. The number of nitrogens with one attached hydrogen (secondary N) is 1. The summed E-state index contributed by atoms with van der Waals surface area (Å²) >= 11 is 0. The van der Waals surface area contributed by atoms with E-state index in [1.165, 1.54) is 0 Å². The predicted octanol–water partition coefficient (Wildman–Crippen LogP) is 4.18. The van der Waals surface area contributed by atoms with Crippen LogP contribution in [0.5, 0.6) is 11.5 Å². The fourth-order valence-corrected chi connectivity index (χ4v) is 2.23. The third kappa shape index (κ3) is 4.76. The molecule has 0 aliphatic carbocycles. The molecule has 0 saturated heterocycles. The van der Waals surface area contributed by atoms with Gasteiger partial charge in [-0.05, 0) is 45.0 Å². The highest BCUT2D eigenvalue weighted by molar-refractivity contribution is 6.07. The topological polar surface area (TPSA) is 73.6 Å². The standard InChI is InChI=1S/C20H24N2O3/c1-5-12-24-18-16(10-11-17(21)19(18)25-13(2)3)20(23)22-15-8-6-14(4)7-9-15/h5-11,13H,1,12,21H2,2-4H3,(H,22,23). The number of nitrogen functional groups attached to an aromatic ring is 1. The molecule has 3 N–H and O–H groups in total. The molecule has 1 amide bonds. The minimum atomic E-state index is -0.295. The van der Waals surface area contributed by atoms with E-state index >= 15 is 0 Å². The Morgan fingerprint density at radius 1 is 1.20 bits per heavy atom. The van der Waals surface area contributed by atoms with Crippen molar-refractivity contribution >= 4 is 17.3 Å². The van der Waals surface area contributed by atoms with E-state index in [0.29, 0.717) is 28.4 Å². The van der Waals surface area contributed by atoms with Crippen LogP contribution in [0.2, 0.25) is 0 Å². The number of amides is 1. The minimum Gasteiger partial charge on any atom is -0.485 e. The molecule has 5 nitrogen and oxygen atoms in total. The molecule has 0 heterocycles. The second-order valence-electron chi connectivity index (χ2n) is 5.95. The maximum atomic E-state index is 12.7. The average molecular weight is 340 g/mol. The Balaban J connectivity index is 2.38. The molecular weight excluding hydrogens is 316 g/mol. The molecule has 0 aliphatic rings. The van der Waals surface area contributed by atoms with E-state index < -0.39 is 0 Å². The van der Waals surface area contributed by atoms with Gasteiger partial charge in [-0.15, -0.1) is 0 Å². The normalized spacial score (nSPS) is 10.4. The van der Waals surface area contributed by atoms with E-state index in [-0.39, 0.29) is 18.6 Å². The molecule has 132 valence electrons. The quantitative estimate of drug-likeness (QED) is 0.586. The first-order valence-corrected chi connectivity index (χ1v) is 8.13. The molecule has 2 aromatic rings. The van der Waals surface area contributed by atoms with E-state index in [4.69, 9.17) is 15.2 Å². The van der Waals surface area contributed by atoms with Gasteiger partial charge in [0.05, 0.1) is 17.4 Å². The van der Waals surface area contributed by atoms with Crippen LogP contribution in [0.15, 0.2) is 49.1 Å². The molecule has 0 aromatic heterocycles. The van der Waals surface area contributed by atoms with Crippen molar-refractivity contribution in [3.63, 3.8) is 0 Å². The molecule has 0 fully saturated rings. The predicted molar refractivity (Wildman–Crippen MR) is 101 cm³/mol. The molecule has 0 radical (unpaired) electrons. The van der Waals surface area contributed by atoms with E-state index in [1.807, 2.05) is 45.0 Å².